The van der Waals surface area contributed by atoms with Crippen LogP contribution in [0.3, 0.4) is 0 Å². The van der Waals surface area contributed by atoms with Crippen LogP contribution in [0, 0.1) is 0 Å². The molecule has 4 heteroatoms. The molecule has 0 aromatic heterocycles. The van der Waals surface area contributed by atoms with Crippen molar-refractivity contribution in [1.82, 2.24) is 4.90 Å². The van der Waals surface area contributed by atoms with Crippen LogP contribution in [0.2, 0.25) is 5.02 Å². The fourth-order valence-corrected chi connectivity index (χ4v) is 1.74. The molecule has 0 unspecified atom stereocenters. The predicted octanol–water partition coefficient (Wildman–Crippen LogP) is 2.39. The summed E-state index contributed by atoms with van der Waals surface area (Å²) < 4.78 is 5.01. The second-order valence-corrected chi connectivity index (χ2v) is 4.34. The molecule has 0 fully saturated rings. The third-order valence-electron chi connectivity index (χ3n) is 2.40. The lowest BCUT2D eigenvalue weighted by Crippen LogP contribution is -2.20. The van der Waals surface area contributed by atoms with Crippen LogP contribution < -0.4 is 5.73 Å². The molecule has 0 aliphatic heterocycles. The van der Waals surface area contributed by atoms with Crippen molar-refractivity contribution in [2.75, 3.05) is 33.0 Å². The maximum atomic E-state index is 6.09. The summed E-state index contributed by atoms with van der Waals surface area (Å²) in [6, 6.07) is 5.58. The van der Waals surface area contributed by atoms with Gasteiger partial charge in [0.1, 0.15) is 0 Å². The zero-order valence-electron chi connectivity index (χ0n) is 9.87. The molecule has 0 radical (unpaired) electrons. The topological polar surface area (TPSA) is 38.5 Å². The van der Waals surface area contributed by atoms with Gasteiger partial charge in [-0.25, -0.2) is 0 Å². The van der Waals surface area contributed by atoms with E-state index in [1.54, 1.807) is 7.11 Å². The Morgan fingerprint density at radius 1 is 1.44 bits per heavy atom. The number of hydrogen-bond acceptors (Lipinski definition) is 3. The Morgan fingerprint density at radius 2 is 2.19 bits per heavy atom. The summed E-state index contributed by atoms with van der Waals surface area (Å²) in [5.74, 6) is 0. The van der Waals surface area contributed by atoms with E-state index < -0.39 is 0 Å². The van der Waals surface area contributed by atoms with Crippen molar-refractivity contribution in [2.24, 2.45) is 0 Å². The van der Waals surface area contributed by atoms with Gasteiger partial charge >= 0.3 is 0 Å². The first-order chi connectivity index (χ1) is 7.63. The van der Waals surface area contributed by atoms with Crippen LogP contribution in [0.4, 0.5) is 5.69 Å². The molecule has 2 N–H and O–H groups in total. The second kappa shape index (κ2) is 6.74. The van der Waals surface area contributed by atoms with Gasteiger partial charge in [0.05, 0.1) is 0 Å². The smallest absolute Gasteiger partial charge is 0.0474 e. The summed E-state index contributed by atoms with van der Waals surface area (Å²) in [5, 5.41) is 0.771. The molecule has 0 saturated heterocycles. The lowest BCUT2D eigenvalue weighted by atomic mass is 10.2. The number of methoxy groups -OCH3 is 1. The monoisotopic (exact) mass is 242 g/mol. The van der Waals surface area contributed by atoms with E-state index in [4.69, 9.17) is 22.1 Å². The highest BCUT2D eigenvalue weighted by Crippen LogP contribution is 2.20. The molecule has 1 rings (SSSR count). The van der Waals surface area contributed by atoms with Gasteiger partial charge in [-0.05, 0) is 37.2 Å². The summed E-state index contributed by atoms with van der Waals surface area (Å²) in [6.07, 6.45) is 1.02. The molecule has 0 amide bonds. The van der Waals surface area contributed by atoms with Gasteiger partial charge in [-0.2, -0.15) is 0 Å². The van der Waals surface area contributed by atoms with Crippen LogP contribution in [0.5, 0.6) is 0 Å². The van der Waals surface area contributed by atoms with Gasteiger partial charge in [0.15, 0.2) is 0 Å². The summed E-state index contributed by atoms with van der Waals surface area (Å²) in [4.78, 5) is 2.21. The van der Waals surface area contributed by atoms with Gasteiger partial charge in [0.25, 0.3) is 0 Å². The normalized spacial score (nSPS) is 11.0. The van der Waals surface area contributed by atoms with E-state index in [1.165, 1.54) is 0 Å². The molecule has 0 bridgehead atoms. The molecule has 0 atom stereocenters. The number of hydrogen-bond donors (Lipinski definition) is 1. The van der Waals surface area contributed by atoms with Crippen LogP contribution in [-0.4, -0.2) is 32.2 Å². The summed E-state index contributed by atoms with van der Waals surface area (Å²) >= 11 is 6.09. The molecule has 1 aromatic carbocycles. The van der Waals surface area contributed by atoms with E-state index in [-0.39, 0.29) is 0 Å². The van der Waals surface area contributed by atoms with E-state index in [2.05, 4.69) is 11.9 Å². The SMILES string of the molecule is COCCCN(C)Cc1cc(N)ccc1Cl. The van der Waals surface area contributed by atoms with Gasteiger partial charge < -0.3 is 15.4 Å². The van der Waals surface area contributed by atoms with Gasteiger partial charge in [0, 0.05) is 37.5 Å². The van der Waals surface area contributed by atoms with Crippen LogP contribution in [-0.2, 0) is 11.3 Å². The van der Waals surface area contributed by atoms with Crippen LogP contribution >= 0.6 is 11.6 Å². The number of nitrogens with zero attached hydrogens (tertiary/aromatic N) is 1. The van der Waals surface area contributed by atoms with Crippen LogP contribution in [0.15, 0.2) is 18.2 Å². The highest BCUT2D eigenvalue weighted by Gasteiger charge is 2.04. The molecule has 0 saturated carbocycles. The number of ether oxygens (including phenoxy) is 1. The fourth-order valence-electron chi connectivity index (χ4n) is 1.56. The van der Waals surface area contributed by atoms with Gasteiger partial charge in [-0.1, -0.05) is 11.6 Å². The summed E-state index contributed by atoms with van der Waals surface area (Å²) in [7, 11) is 3.78. The van der Waals surface area contributed by atoms with Crippen molar-refractivity contribution in [2.45, 2.75) is 13.0 Å². The summed E-state index contributed by atoms with van der Waals surface area (Å²) in [5.41, 5.74) is 7.55. The minimum atomic E-state index is 0.754. The van der Waals surface area contributed by atoms with Crippen LogP contribution in [0.25, 0.3) is 0 Å². The molecule has 1 aromatic rings. The van der Waals surface area contributed by atoms with E-state index in [0.717, 1.165) is 42.4 Å². The molecule has 0 spiro atoms. The van der Waals surface area contributed by atoms with Crippen molar-refractivity contribution in [3.8, 4) is 0 Å². The number of benzene rings is 1. The Balaban J connectivity index is 2.48. The maximum absolute atomic E-state index is 6.09. The molecular formula is C12H19ClN2O. The summed E-state index contributed by atoms with van der Waals surface area (Å²) in [6.45, 7) is 2.58. The van der Waals surface area contributed by atoms with Crippen molar-refractivity contribution < 1.29 is 4.74 Å². The Bertz CT molecular complexity index is 331. The quantitative estimate of drug-likeness (QED) is 0.615. The van der Waals surface area contributed by atoms with Crippen molar-refractivity contribution in [1.29, 1.82) is 0 Å². The van der Waals surface area contributed by atoms with Crippen molar-refractivity contribution in [3.63, 3.8) is 0 Å². The van der Waals surface area contributed by atoms with Crippen molar-refractivity contribution in [3.05, 3.63) is 28.8 Å². The molecule has 0 heterocycles. The molecular weight excluding hydrogens is 224 g/mol. The Kier molecular flexibility index (Phi) is 5.60. The molecule has 90 valence electrons. The number of nitrogen functional groups attached to an aromatic ring is 1. The van der Waals surface area contributed by atoms with Crippen molar-refractivity contribution >= 4 is 17.3 Å². The number of nitrogens with two attached hydrogens (primary N) is 1. The standard InChI is InChI=1S/C12H19ClN2O/c1-15(6-3-7-16-2)9-10-8-11(14)4-5-12(10)13/h4-5,8H,3,6-7,9,14H2,1-2H3. The lowest BCUT2D eigenvalue weighted by molar-refractivity contribution is 0.178. The minimum absolute atomic E-state index is 0.754. The average molecular weight is 243 g/mol. The Labute approximate surface area is 102 Å². The van der Waals surface area contributed by atoms with E-state index in [0.29, 0.717) is 0 Å². The highest BCUT2D eigenvalue weighted by atomic mass is 35.5. The zero-order valence-corrected chi connectivity index (χ0v) is 10.6. The number of anilines is 1. The van der Waals surface area contributed by atoms with Crippen LogP contribution in [0.1, 0.15) is 12.0 Å². The van der Waals surface area contributed by atoms with E-state index in [9.17, 15) is 0 Å². The second-order valence-electron chi connectivity index (χ2n) is 3.93. The average Bonchev–Trinajstić information content (AvgIpc) is 2.24. The first-order valence-electron chi connectivity index (χ1n) is 5.35. The zero-order chi connectivity index (χ0) is 12.0. The highest BCUT2D eigenvalue weighted by molar-refractivity contribution is 6.31. The van der Waals surface area contributed by atoms with E-state index >= 15 is 0 Å². The first kappa shape index (κ1) is 13.3. The molecule has 3 nitrogen and oxygen atoms in total. The first-order valence-corrected chi connectivity index (χ1v) is 5.72. The fraction of sp³-hybridized carbons (Fsp3) is 0.500. The number of halogens is 1. The Hall–Kier alpha value is -0.770. The molecule has 0 aliphatic carbocycles. The van der Waals surface area contributed by atoms with Gasteiger partial charge in [-0.3, -0.25) is 0 Å². The lowest BCUT2D eigenvalue weighted by Gasteiger charge is -2.17. The van der Waals surface area contributed by atoms with E-state index in [1.807, 2.05) is 18.2 Å². The third kappa shape index (κ3) is 4.39. The molecule has 0 aliphatic rings. The Morgan fingerprint density at radius 3 is 2.88 bits per heavy atom. The largest absolute Gasteiger partial charge is 0.399 e. The van der Waals surface area contributed by atoms with Gasteiger partial charge in [-0.15, -0.1) is 0 Å². The molecule has 16 heavy (non-hydrogen) atoms. The minimum Gasteiger partial charge on any atom is -0.399 e. The van der Waals surface area contributed by atoms with Gasteiger partial charge in [0.2, 0.25) is 0 Å². The third-order valence-corrected chi connectivity index (χ3v) is 2.77. The predicted molar refractivity (Wildman–Crippen MR) is 68.7 cm³/mol. The number of rotatable bonds is 6. The maximum Gasteiger partial charge on any atom is 0.0474 e.